The van der Waals surface area contributed by atoms with Crippen molar-refractivity contribution < 1.29 is 18.7 Å². The predicted molar refractivity (Wildman–Crippen MR) is 103 cm³/mol. The van der Waals surface area contributed by atoms with E-state index in [9.17, 15) is 4.79 Å². The largest absolute Gasteiger partial charge is 0.497 e. The SMILES string of the molecule is COc1ccc(SCCC(=O)Nc2nnc(-c3cccc(OC)c3)o2)cc1. The number of methoxy groups -OCH3 is 2. The molecular formula is C19H19N3O4S. The lowest BCUT2D eigenvalue weighted by atomic mass is 10.2. The first-order valence-corrected chi connectivity index (χ1v) is 9.21. The van der Waals surface area contributed by atoms with Gasteiger partial charge in [-0.3, -0.25) is 10.1 Å². The molecule has 0 bridgehead atoms. The van der Waals surface area contributed by atoms with Crippen LogP contribution < -0.4 is 14.8 Å². The molecule has 3 rings (SSSR count). The quantitative estimate of drug-likeness (QED) is 0.589. The van der Waals surface area contributed by atoms with Crippen molar-refractivity contribution in [2.24, 2.45) is 0 Å². The number of amides is 1. The Balaban J connectivity index is 1.50. The Morgan fingerprint density at radius 2 is 1.85 bits per heavy atom. The fraction of sp³-hybridized carbons (Fsp3) is 0.211. The van der Waals surface area contributed by atoms with Crippen LogP contribution in [-0.4, -0.2) is 36.1 Å². The number of carbonyl (C=O) groups is 1. The van der Waals surface area contributed by atoms with E-state index in [1.165, 1.54) is 0 Å². The third kappa shape index (κ3) is 5.24. The van der Waals surface area contributed by atoms with Crippen molar-refractivity contribution in [3.05, 3.63) is 48.5 Å². The Hall–Kier alpha value is -3.00. The van der Waals surface area contributed by atoms with Crippen molar-refractivity contribution in [2.75, 3.05) is 25.3 Å². The second-order valence-corrected chi connectivity index (χ2v) is 6.63. The highest BCUT2D eigenvalue weighted by atomic mass is 32.2. The zero-order chi connectivity index (χ0) is 19.1. The van der Waals surface area contributed by atoms with Gasteiger partial charge in [0, 0.05) is 22.6 Å². The van der Waals surface area contributed by atoms with Crippen molar-refractivity contribution in [1.82, 2.24) is 10.2 Å². The van der Waals surface area contributed by atoms with E-state index in [4.69, 9.17) is 13.9 Å². The standard InChI is InChI=1S/C19H19N3O4S/c1-24-14-6-8-16(9-7-14)27-11-10-17(23)20-19-22-21-18(26-19)13-4-3-5-15(12-13)25-2/h3-9,12H,10-11H2,1-2H3,(H,20,22,23). The van der Waals surface area contributed by atoms with Crippen molar-refractivity contribution in [2.45, 2.75) is 11.3 Å². The number of hydrogen-bond donors (Lipinski definition) is 1. The van der Waals surface area contributed by atoms with Gasteiger partial charge in [-0.05, 0) is 42.5 Å². The van der Waals surface area contributed by atoms with Gasteiger partial charge in [-0.25, -0.2) is 0 Å². The fourth-order valence-electron chi connectivity index (χ4n) is 2.26. The number of carbonyl (C=O) groups excluding carboxylic acids is 1. The zero-order valence-electron chi connectivity index (χ0n) is 15.0. The fourth-order valence-corrected chi connectivity index (χ4v) is 3.11. The van der Waals surface area contributed by atoms with E-state index in [0.29, 0.717) is 23.8 Å². The minimum absolute atomic E-state index is 0.0762. The van der Waals surface area contributed by atoms with E-state index in [1.807, 2.05) is 42.5 Å². The molecule has 8 heteroatoms. The average Bonchev–Trinajstić information content (AvgIpc) is 3.17. The summed E-state index contributed by atoms with van der Waals surface area (Å²) in [6.07, 6.45) is 0.327. The molecule has 0 unspecified atom stereocenters. The minimum Gasteiger partial charge on any atom is -0.497 e. The molecule has 3 aromatic rings. The van der Waals surface area contributed by atoms with Gasteiger partial charge in [0.2, 0.25) is 11.8 Å². The number of ether oxygens (including phenoxy) is 2. The van der Waals surface area contributed by atoms with Crippen molar-refractivity contribution in [1.29, 1.82) is 0 Å². The number of rotatable bonds is 8. The Morgan fingerprint density at radius 1 is 1.07 bits per heavy atom. The van der Waals surface area contributed by atoms with Crippen molar-refractivity contribution in [3.63, 3.8) is 0 Å². The number of anilines is 1. The Bertz CT molecular complexity index is 896. The van der Waals surface area contributed by atoms with Crippen LogP contribution in [-0.2, 0) is 4.79 Å². The summed E-state index contributed by atoms with van der Waals surface area (Å²) in [5.74, 6) is 2.26. The lowest BCUT2D eigenvalue weighted by Crippen LogP contribution is -2.12. The molecule has 0 spiro atoms. The summed E-state index contributed by atoms with van der Waals surface area (Å²) in [6, 6.07) is 15.0. The lowest BCUT2D eigenvalue weighted by Gasteiger charge is -2.03. The Kier molecular flexibility index (Phi) is 6.32. The first-order chi connectivity index (χ1) is 13.2. The van der Waals surface area contributed by atoms with Crippen LogP contribution in [0.25, 0.3) is 11.5 Å². The molecule has 0 aliphatic rings. The molecule has 0 atom stereocenters. The third-order valence-electron chi connectivity index (χ3n) is 3.65. The second-order valence-electron chi connectivity index (χ2n) is 5.47. The van der Waals surface area contributed by atoms with Gasteiger partial charge in [0.05, 0.1) is 14.2 Å². The molecule has 0 radical (unpaired) electrons. The maximum absolute atomic E-state index is 12.1. The maximum atomic E-state index is 12.1. The number of nitrogens with zero attached hydrogens (tertiary/aromatic N) is 2. The molecule has 140 valence electrons. The van der Waals surface area contributed by atoms with Crippen LogP contribution in [0.15, 0.2) is 57.8 Å². The summed E-state index contributed by atoms with van der Waals surface area (Å²) in [6.45, 7) is 0. The zero-order valence-corrected chi connectivity index (χ0v) is 15.8. The molecule has 0 fully saturated rings. The van der Waals surface area contributed by atoms with Crippen LogP contribution >= 0.6 is 11.8 Å². The lowest BCUT2D eigenvalue weighted by molar-refractivity contribution is -0.115. The monoisotopic (exact) mass is 385 g/mol. The summed E-state index contributed by atoms with van der Waals surface area (Å²) in [5, 5.41) is 10.4. The van der Waals surface area contributed by atoms with Gasteiger partial charge >= 0.3 is 6.01 Å². The topological polar surface area (TPSA) is 86.5 Å². The molecule has 27 heavy (non-hydrogen) atoms. The molecule has 0 aliphatic carbocycles. The predicted octanol–water partition coefficient (Wildman–Crippen LogP) is 3.87. The molecule has 1 amide bonds. The van der Waals surface area contributed by atoms with Crippen LogP contribution in [0.2, 0.25) is 0 Å². The minimum atomic E-state index is -0.183. The summed E-state index contributed by atoms with van der Waals surface area (Å²) in [4.78, 5) is 13.1. The molecule has 1 N–H and O–H groups in total. The maximum Gasteiger partial charge on any atom is 0.322 e. The number of nitrogens with one attached hydrogen (secondary N) is 1. The molecule has 0 saturated carbocycles. The van der Waals surface area contributed by atoms with Gasteiger partial charge in [0.1, 0.15) is 11.5 Å². The van der Waals surface area contributed by atoms with E-state index in [0.717, 1.165) is 16.2 Å². The number of aromatic nitrogens is 2. The summed E-state index contributed by atoms with van der Waals surface area (Å²) < 4.78 is 15.8. The third-order valence-corrected chi connectivity index (χ3v) is 4.66. The van der Waals surface area contributed by atoms with Crippen LogP contribution in [0.1, 0.15) is 6.42 Å². The molecule has 1 aromatic heterocycles. The first kappa shape index (κ1) is 18.8. The van der Waals surface area contributed by atoms with Crippen LogP contribution in [0.5, 0.6) is 11.5 Å². The van der Waals surface area contributed by atoms with Gasteiger partial charge in [-0.1, -0.05) is 11.2 Å². The Morgan fingerprint density at radius 3 is 2.59 bits per heavy atom. The van der Waals surface area contributed by atoms with Crippen LogP contribution in [0.3, 0.4) is 0 Å². The molecule has 2 aromatic carbocycles. The normalized spacial score (nSPS) is 10.4. The number of hydrogen-bond acceptors (Lipinski definition) is 7. The summed E-state index contributed by atoms with van der Waals surface area (Å²) in [5.41, 5.74) is 0.720. The van der Waals surface area contributed by atoms with Gasteiger partial charge in [0.25, 0.3) is 0 Å². The molecule has 1 heterocycles. The molecule has 0 saturated heterocycles. The Labute approximate surface area is 161 Å². The van der Waals surface area contributed by atoms with Gasteiger partial charge in [0.15, 0.2) is 0 Å². The second kappa shape index (κ2) is 9.09. The summed E-state index contributed by atoms with van der Waals surface area (Å²) >= 11 is 1.59. The van der Waals surface area contributed by atoms with Gasteiger partial charge in [-0.2, -0.15) is 0 Å². The number of benzene rings is 2. The molecular weight excluding hydrogens is 366 g/mol. The number of thioether (sulfide) groups is 1. The highest BCUT2D eigenvalue weighted by Crippen LogP contribution is 2.24. The van der Waals surface area contributed by atoms with Gasteiger partial charge in [-0.15, -0.1) is 16.9 Å². The van der Waals surface area contributed by atoms with E-state index >= 15 is 0 Å². The van der Waals surface area contributed by atoms with E-state index in [-0.39, 0.29) is 11.9 Å². The van der Waals surface area contributed by atoms with Gasteiger partial charge < -0.3 is 13.9 Å². The summed E-state index contributed by atoms with van der Waals surface area (Å²) in [7, 11) is 3.21. The first-order valence-electron chi connectivity index (χ1n) is 8.22. The van der Waals surface area contributed by atoms with Crippen molar-refractivity contribution >= 4 is 23.7 Å². The highest BCUT2D eigenvalue weighted by molar-refractivity contribution is 7.99. The van der Waals surface area contributed by atoms with Crippen LogP contribution in [0.4, 0.5) is 6.01 Å². The van der Waals surface area contributed by atoms with E-state index < -0.39 is 0 Å². The smallest absolute Gasteiger partial charge is 0.322 e. The van der Waals surface area contributed by atoms with Crippen molar-refractivity contribution in [3.8, 4) is 23.0 Å². The van der Waals surface area contributed by atoms with E-state index in [1.54, 1.807) is 32.0 Å². The molecule has 0 aliphatic heterocycles. The highest BCUT2D eigenvalue weighted by Gasteiger charge is 2.12. The van der Waals surface area contributed by atoms with Crippen LogP contribution in [0, 0.1) is 0 Å². The van der Waals surface area contributed by atoms with E-state index in [2.05, 4.69) is 15.5 Å². The average molecular weight is 385 g/mol. The molecule has 7 nitrogen and oxygen atoms in total.